The van der Waals surface area contributed by atoms with E-state index in [2.05, 4.69) is 36.8 Å². The zero-order valence-electron chi connectivity index (χ0n) is 17.1. The molecule has 0 atom stereocenters. The number of carbonyl (C=O) groups excluding carboxylic acids is 1. The van der Waals surface area contributed by atoms with Crippen molar-refractivity contribution in [2.45, 2.75) is 19.5 Å². The van der Waals surface area contributed by atoms with Gasteiger partial charge >= 0.3 is 5.97 Å². The van der Waals surface area contributed by atoms with E-state index in [-0.39, 0.29) is 12.3 Å². The van der Waals surface area contributed by atoms with Crippen LogP contribution in [0.4, 0.5) is 0 Å². The first-order chi connectivity index (χ1) is 14.4. The number of aromatic nitrogens is 1. The number of hydrogen-bond acceptors (Lipinski definition) is 7. The van der Waals surface area contributed by atoms with Crippen LogP contribution in [-0.2, 0) is 34.3 Å². The number of nitrogens with one attached hydrogen (secondary N) is 2. The van der Waals surface area contributed by atoms with E-state index in [9.17, 15) is 13.2 Å². The number of nitrogens with zero attached hydrogens (tertiary/aromatic N) is 2. The van der Waals surface area contributed by atoms with Gasteiger partial charge in [0.05, 0.1) is 30.7 Å². The first-order valence-corrected chi connectivity index (χ1v) is 11.6. The number of aryl methyl sites for hydroxylation is 1. The molecule has 162 valence electrons. The Morgan fingerprint density at radius 1 is 1.20 bits per heavy atom. The van der Waals surface area contributed by atoms with E-state index >= 15 is 0 Å². The number of esters is 1. The van der Waals surface area contributed by atoms with Crippen LogP contribution >= 0.6 is 0 Å². The fourth-order valence-electron chi connectivity index (χ4n) is 3.29. The normalized spacial score (nSPS) is 15.1. The van der Waals surface area contributed by atoms with Gasteiger partial charge in [-0.1, -0.05) is 24.3 Å². The molecule has 0 bridgehead atoms. The average molecular weight is 433 g/mol. The Kier molecular flexibility index (Phi) is 7.92. The number of hydrogen-bond donors (Lipinski definition) is 2. The Labute approximate surface area is 177 Å². The molecule has 0 radical (unpaired) electrons. The summed E-state index contributed by atoms with van der Waals surface area (Å²) in [6.45, 7) is 5.02. The highest BCUT2D eigenvalue weighted by Crippen LogP contribution is 2.11. The Bertz CT molecular complexity index is 942. The quantitative estimate of drug-likeness (QED) is 0.569. The van der Waals surface area contributed by atoms with Gasteiger partial charge in [0.25, 0.3) is 0 Å². The fraction of sp³-hybridized carbons (Fsp3) is 0.429. The molecule has 1 aromatic heterocycles. The highest BCUT2D eigenvalue weighted by molar-refractivity contribution is 7.89. The zero-order valence-corrected chi connectivity index (χ0v) is 18.0. The number of ether oxygens (including phenoxy) is 1. The number of pyridine rings is 1. The van der Waals surface area contributed by atoms with Crippen LogP contribution < -0.4 is 10.0 Å². The van der Waals surface area contributed by atoms with E-state index in [0.717, 1.165) is 38.3 Å². The summed E-state index contributed by atoms with van der Waals surface area (Å²) in [6, 6.07) is 11.3. The predicted octanol–water partition coefficient (Wildman–Crippen LogP) is 0.936. The lowest BCUT2D eigenvalue weighted by Crippen LogP contribution is -2.42. The summed E-state index contributed by atoms with van der Waals surface area (Å²) in [4.78, 5) is 17.9. The average Bonchev–Trinajstić information content (AvgIpc) is 2.77. The molecule has 1 fully saturated rings. The molecule has 1 saturated heterocycles. The van der Waals surface area contributed by atoms with Gasteiger partial charge in [0, 0.05) is 38.9 Å². The molecule has 1 aliphatic heterocycles. The Morgan fingerprint density at radius 3 is 2.67 bits per heavy atom. The lowest BCUT2D eigenvalue weighted by atomic mass is 10.1. The number of sulfonamides is 1. The van der Waals surface area contributed by atoms with E-state index in [0.29, 0.717) is 17.7 Å². The molecule has 1 aromatic carbocycles. The summed E-state index contributed by atoms with van der Waals surface area (Å²) in [5.74, 6) is -0.474. The lowest BCUT2D eigenvalue weighted by Gasteiger charge is -2.27. The molecule has 2 heterocycles. The van der Waals surface area contributed by atoms with Crippen molar-refractivity contribution in [1.29, 1.82) is 0 Å². The van der Waals surface area contributed by atoms with Crippen molar-refractivity contribution in [1.82, 2.24) is 19.9 Å². The van der Waals surface area contributed by atoms with Crippen LogP contribution in [0.1, 0.15) is 27.2 Å². The van der Waals surface area contributed by atoms with Crippen LogP contribution in [-0.4, -0.2) is 63.3 Å². The van der Waals surface area contributed by atoms with Gasteiger partial charge in [-0.3, -0.25) is 9.88 Å². The monoisotopic (exact) mass is 432 g/mol. The molecule has 0 aliphatic carbocycles. The van der Waals surface area contributed by atoms with E-state index < -0.39 is 16.0 Å². The van der Waals surface area contributed by atoms with Crippen LogP contribution in [0.3, 0.4) is 0 Å². The van der Waals surface area contributed by atoms with Crippen LogP contribution in [0.15, 0.2) is 42.6 Å². The molecule has 9 heteroatoms. The van der Waals surface area contributed by atoms with Crippen LogP contribution in [0.25, 0.3) is 0 Å². The minimum atomic E-state index is -3.45. The van der Waals surface area contributed by atoms with Crippen molar-refractivity contribution < 1.29 is 17.9 Å². The summed E-state index contributed by atoms with van der Waals surface area (Å²) in [5.41, 5.74) is 3.07. The smallest absolute Gasteiger partial charge is 0.339 e. The third kappa shape index (κ3) is 6.88. The van der Waals surface area contributed by atoms with Gasteiger partial charge < -0.3 is 10.1 Å². The SMILES string of the molecule is COC(=O)c1ccc(CNS(=O)(=O)CCc2cccc(CN3CCNCC3)c2)nc1. The van der Waals surface area contributed by atoms with Gasteiger partial charge in [0.1, 0.15) is 0 Å². The van der Waals surface area contributed by atoms with Crippen LogP contribution in [0.5, 0.6) is 0 Å². The Morgan fingerprint density at radius 2 is 1.97 bits per heavy atom. The molecule has 0 amide bonds. The third-order valence-electron chi connectivity index (χ3n) is 4.99. The number of piperazine rings is 1. The van der Waals surface area contributed by atoms with Crippen molar-refractivity contribution in [3.05, 3.63) is 65.0 Å². The second-order valence-corrected chi connectivity index (χ2v) is 9.19. The van der Waals surface area contributed by atoms with Crippen molar-refractivity contribution in [3.8, 4) is 0 Å². The molecular formula is C21H28N4O4S. The van der Waals surface area contributed by atoms with Crippen molar-refractivity contribution in [3.63, 3.8) is 0 Å². The van der Waals surface area contributed by atoms with Crippen LogP contribution in [0, 0.1) is 0 Å². The van der Waals surface area contributed by atoms with Crippen LogP contribution in [0.2, 0.25) is 0 Å². The van der Waals surface area contributed by atoms with Gasteiger partial charge in [-0.2, -0.15) is 0 Å². The maximum atomic E-state index is 12.4. The van der Waals surface area contributed by atoms with E-state index in [4.69, 9.17) is 0 Å². The van der Waals surface area contributed by atoms with E-state index in [1.165, 1.54) is 18.9 Å². The maximum Gasteiger partial charge on any atom is 0.339 e. The molecule has 2 aromatic rings. The summed E-state index contributed by atoms with van der Waals surface area (Å²) in [6.07, 6.45) is 1.82. The summed E-state index contributed by atoms with van der Waals surface area (Å²) in [7, 11) is -2.15. The second-order valence-electron chi connectivity index (χ2n) is 7.27. The van der Waals surface area contributed by atoms with Crippen molar-refractivity contribution in [2.24, 2.45) is 0 Å². The topological polar surface area (TPSA) is 101 Å². The highest BCUT2D eigenvalue weighted by atomic mass is 32.2. The van der Waals surface area contributed by atoms with Gasteiger partial charge in [0.15, 0.2) is 0 Å². The van der Waals surface area contributed by atoms with Crippen molar-refractivity contribution >= 4 is 16.0 Å². The van der Waals surface area contributed by atoms with Crippen molar-refractivity contribution in [2.75, 3.05) is 39.0 Å². The molecule has 0 unspecified atom stereocenters. The summed E-state index contributed by atoms with van der Waals surface area (Å²) >= 11 is 0. The Hall–Kier alpha value is -2.33. The number of rotatable bonds is 9. The molecule has 1 aliphatic rings. The molecule has 0 spiro atoms. The maximum absolute atomic E-state index is 12.4. The zero-order chi connectivity index (χ0) is 21.4. The lowest BCUT2D eigenvalue weighted by molar-refractivity contribution is 0.0600. The minimum Gasteiger partial charge on any atom is -0.465 e. The van der Waals surface area contributed by atoms with E-state index in [1.54, 1.807) is 12.1 Å². The number of carbonyl (C=O) groups is 1. The molecule has 0 saturated carbocycles. The summed E-state index contributed by atoms with van der Waals surface area (Å²) < 4.78 is 31.9. The molecule has 3 rings (SSSR count). The van der Waals surface area contributed by atoms with Gasteiger partial charge in [-0.05, 0) is 29.7 Å². The molecular weight excluding hydrogens is 404 g/mol. The molecule has 2 N–H and O–H groups in total. The van der Waals surface area contributed by atoms with Gasteiger partial charge in [-0.25, -0.2) is 17.9 Å². The largest absolute Gasteiger partial charge is 0.465 e. The highest BCUT2D eigenvalue weighted by Gasteiger charge is 2.13. The van der Waals surface area contributed by atoms with Gasteiger partial charge in [0.2, 0.25) is 10.0 Å². The first-order valence-electron chi connectivity index (χ1n) is 9.97. The number of methoxy groups -OCH3 is 1. The third-order valence-corrected chi connectivity index (χ3v) is 6.31. The molecule has 8 nitrogen and oxygen atoms in total. The predicted molar refractivity (Wildman–Crippen MR) is 114 cm³/mol. The molecule has 30 heavy (non-hydrogen) atoms. The second kappa shape index (κ2) is 10.6. The first kappa shape index (κ1) is 22.4. The fourth-order valence-corrected chi connectivity index (χ4v) is 4.30. The minimum absolute atomic E-state index is 0.00430. The number of benzene rings is 1. The Balaban J connectivity index is 1.49. The summed E-state index contributed by atoms with van der Waals surface area (Å²) in [5, 5.41) is 3.34. The standard InChI is InChI=1S/C21H28N4O4S/c1-29-21(26)19-5-6-20(23-14-19)15-24-30(27,28)12-7-17-3-2-4-18(13-17)16-25-10-8-22-9-11-25/h2-6,13-14,22,24H,7-12,15-16H2,1H3. The van der Waals surface area contributed by atoms with Gasteiger partial charge in [-0.15, -0.1) is 0 Å². The van der Waals surface area contributed by atoms with E-state index in [1.807, 2.05) is 12.1 Å².